The maximum absolute atomic E-state index is 13.5. The fourth-order valence-corrected chi connectivity index (χ4v) is 4.81. The van der Waals surface area contributed by atoms with Crippen LogP contribution < -0.4 is 10.3 Å². The number of furan rings is 1. The third kappa shape index (κ3) is 5.34. The first-order valence-electron chi connectivity index (χ1n) is 11.7. The Hall–Kier alpha value is -3.95. The van der Waals surface area contributed by atoms with Gasteiger partial charge >= 0.3 is 5.97 Å². The van der Waals surface area contributed by atoms with Gasteiger partial charge < -0.3 is 13.9 Å². The number of esters is 1. The SMILES string of the molecule is CC(C)OC(=O)COc1c(Br)cc(Cl)cc1C=Nn1c(-c2cc3ccccc3o2)nc2ccccc2c1=O. The standard InChI is InChI=1S/C28H21BrClN3O5/c1-16(2)37-25(34)15-36-26-18(11-19(30)13-21(26)29)14-31-33-27(24-12-17-7-3-6-10-23(17)38-24)32-22-9-5-4-8-20(22)28(33)35/h3-14,16H,15H2,1-2H3. The molecule has 2 aromatic heterocycles. The Balaban J connectivity index is 1.61. The number of nitrogens with zero attached hydrogens (tertiary/aromatic N) is 3. The molecule has 0 amide bonds. The molecule has 192 valence electrons. The summed E-state index contributed by atoms with van der Waals surface area (Å²) < 4.78 is 18.6. The van der Waals surface area contributed by atoms with Crippen molar-refractivity contribution in [2.24, 2.45) is 5.10 Å². The zero-order valence-corrected chi connectivity index (χ0v) is 22.7. The van der Waals surface area contributed by atoms with Gasteiger partial charge in [-0.05, 0) is 66.2 Å². The molecule has 0 aliphatic rings. The van der Waals surface area contributed by atoms with E-state index in [0.29, 0.717) is 43.1 Å². The smallest absolute Gasteiger partial charge is 0.344 e. The predicted octanol–water partition coefficient (Wildman–Crippen LogP) is 6.44. The summed E-state index contributed by atoms with van der Waals surface area (Å²) >= 11 is 9.71. The lowest BCUT2D eigenvalue weighted by Gasteiger charge is -2.13. The first-order chi connectivity index (χ1) is 18.3. The predicted molar refractivity (Wildman–Crippen MR) is 150 cm³/mol. The molecule has 0 aliphatic heterocycles. The van der Waals surface area contributed by atoms with E-state index in [1.807, 2.05) is 36.4 Å². The van der Waals surface area contributed by atoms with Crippen LogP contribution in [0.5, 0.6) is 5.75 Å². The molecule has 2 heterocycles. The fraction of sp³-hybridized carbons (Fsp3) is 0.143. The molecular weight excluding hydrogens is 574 g/mol. The number of aromatic nitrogens is 2. The van der Waals surface area contributed by atoms with Crippen LogP contribution in [0.15, 0.2) is 85.5 Å². The van der Waals surface area contributed by atoms with Crippen molar-refractivity contribution in [3.05, 3.63) is 92.1 Å². The van der Waals surface area contributed by atoms with Gasteiger partial charge in [-0.3, -0.25) is 4.79 Å². The molecule has 0 radical (unpaired) electrons. The van der Waals surface area contributed by atoms with E-state index in [9.17, 15) is 9.59 Å². The van der Waals surface area contributed by atoms with E-state index in [1.165, 1.54) is 10.9 Å². The number of hydrogen-bond donors (Lipinski definition) is 0. The van der Waals surface area contributed by atoms with Crippen molar-refractivity contribution in [3.8, 4) is 17.3 Å². The van der Waals surface area contributed by atoms with Gasteiger partial charge in [0, 0.05) is 16.0 Å². The van der Waals surface area contributed by atoms with Crippen molar-refractivity contribution in [2.45, 2.75) is 20.0 Å². The average molecular weight is 595 g/mol. The third-order valence-electron chi connectivity index (χ3n) is 5.45. The van der Waals surface area contributed by atoms with Crippen molar-refractivity contribution < 1.29 is 18.7 Å². The van der Waals surface area contributed by atoms with E-state index in [-0.39, 0.29) is 24.1 Å². The number of halogens is 2. The molecule has 0 fully saturated rings. The largest absolute Gasteiger partial charge is 0.480 e. The Bertz CT molecular complexity index is 1730. The second-order valence-corrected chi connectivity index (χ2v) is 9.89. The Morgan fingerprint density at radius 1 is 1.16 bits per heavy atom. The van der Waals surface area contributed by atoms with Gasteiger partial charge in [-0.15, -0.1) is 0 Å². The minimum Gasteiger partial charge on any atom is -0.480 e. The molecule has 8 nitrogen and oxygen atoms in total. The van der Waals surface area contributed by atoms with Crippen LogP contribution in [0.1, 0.15) is 19.4 Å². The number of hydrogen-bond acceptors (Lipinski definition) is 7. The maximum Gasteiger partial charge on any atom is 0.344 e. The van der Waals surface area contributed by atoms with Gasteiger partial charge in [0.1, 0.15) is 11.3 Å². The number of para-hydroxylation sites is 2. The van der Waals surface area contributed by atoms with Crippen LogP contribution in [0.2, 0.25) is 5.02 Å². The van der Waals surface area contributed by atoms with Crippen molar-refractivity contribution in [3.63, 3.8) is 0 Å². The van der Waals surface area contributed by atoms with Crippen molar-refractivity contribution >= 4 is 61.6 Å². The van der Waals surface area contributed by atoms with Crippen LogP contribution in [-0.2, 0) is 9.53 Å². The summed E-state index contributed by atoms with van der Waals surface area (Å²) in [6.07, 6.45) is 1.15. The summed E-state index contributed by atoms with van der Waals surface area (Å²) in [5.74, 6) is 0.398. The maximum atomic E-state index is 13.5. The second-order valence-electron chi connectivity index (χ2n) is 8.60. The van der Waals surface area contributed by atoms with Crippen molar-refractivity contribution in [1.29, 1.82) is 0 Å². The second kappa shape index (κ2) is 10.8. The minimum absolute atomic E-state index is 0.227. The monoisotopic (exact) mass is 593 g/mol. The summed E-state index contributed by atoms with van der Waals surface area (Å²) in [6.45, 7) is 3.19. The van der Waals surface area contributed by atoms with Crippen LogP contribution in [0, 0.1) is 0 Å². The fourth-order valence-electron chi connectivity index (χ4n) is 3.86. The summed E-state index contributed by atoms with van der Waals surface area (Å²) in [5.41, 5.74) is 1.21. The lowest BCUT2D eigenvalue weighted by molar-refractivity contribution is -0.149. The van der Waals surface area contributed by atoms with Crippen molar-refractivity contribution in [2.75, 3.05) is 6.61 Å². The van der Waals surface area contributed by atoms with Gasteiger partial charge in [0.15, 0.2) is 12.4 Å². The van der Waals surface area contributed by atoms with Crippen LogP contribution in [0.4, 0.5) is 0 Å². The Morgan fingerprint density at radius 2 is 1.92 bits per heavy atom. The molecular formula is C28H21BrClN3O5. The number of benzene rings is 3. The molecule has 10 heteroatoms. The van der Waals surface area contributed by atoms with E-state index < -0.39 is 5.97 Å². The highest BCUT2D eigenvalue weighted by Crippen LogP contribution is 2.32. The quantitative estimate of drug-likeness (QED) is 0.159. The Morgan fingerprint density at radius 3 is 2.71 bits per heavy atom. The lowest BCUT2D eigenvalue weighted by Crippen LogP contribution is -2.20. The average Bonchev–Trinajstić information content (AvgIpc) is 3.31. The molecule has 0 spiro atoms. The Labute approximate surface area is 230 Å². The molecule has 0 saturated heterocycles. The van der Waals surface area contributed by atoms with Crippen LogP contribution >= 0.6 is 27.5 Å². The first kappa shape index (κ1) is 25.7. The highest BCUT2D eigenvalue weighted by atomic mass is 79.9. The molecule has 0 bridgehead atoms. The van der Waals surface area contributed by atoms with Gasteiger partial charge in [-0.25, -0.2) is 9.78 Å². The van der Waals surface area contributed by atoms with E-state index in [1.54, 1.807) is 44.2 Å². The highest BCUT2D eigenvalue weighted by Gasteiger charge is 2.17. The Kier molecular flexibility index (Phi) is 7.31. The molecule has 0 saturated carbocycles. The van der Waals surface area contributed by atoms with E-state index >= 15 is 0 Å². The van der Waals surface area contributed by atoms with Crippen LogP contribution in [-0.4, -0.2) is 34.6 Å². The first-order valence-corrected chi connectivity index (χ1v) is 12.8. The molecule has 0 atom stereocenters. The summed E-state index contributed by atoms with van der Waals surface area (Å²) in [7, 11) is 0. The van der Waals surface area contributed by atoms with Gasteiger partial charge in [-0.1, -0.05) is 41.9 Å². The zero-order chi connectivity index (χ0) is 26.8. The van der Waals surface area contributed by atoms with Gasteiger partial charge in [-0.2, -0.15) is 9.78 Å². The summed E-state index contributed by atoms with van der Waals surface area (Å²) in [5, 5.41) is 6.13. The molecule has 5 rings (SSSR count). The van der Waals surface area contributed by atoms with Crippen LogP contribution in [0.3, 0.4) is 0 Å². The summed E-state index contributed by atoms with van der Waals surface area (Å²) in [6, 6.07) is 19.6. The van der Waals surface area contributed by atoms with Crippen LogP contribution in [0.25, 0.3) is 33.5 Å². The summed E-state index contributed by atoms with van der Waals surface area (Å²) in [4.78, 5) is 30.3. The zero-order valence-electron chi connectivity index (χ0n) is 20.4. The molecule has 38 heavy (non-hydrogen) atoms. The molecule has 3 aromatic carbocycles. The molecule has 0 unspecified atom stereocenters. The van der Waals surface area contributed by atoms with Gasteiger partial charge in [0.05, 0.1) is 27.7 Å². The van der Waals surface area contributed by atoms with Gasteiger partial charge in [0.2, 0.25) is 5.82 Å². The molecule has 0 aliphatic carbocycles. The molecule has 5 aromatic rings. The number of carbonyl (C=O) groups excluding carboxylic acids is 1. The highest BCUT2D eigenvalue weighted by molar-refractivity contribution is 9.10. The number of ether oxygens (including phenoxy) is 2. The van der Waals surface area contributed by atoms with E-state index in [4.69, 9.17) is 25.5 Å². The van der Waals surface area contributed by atoms with E-state index in [2.05, 4.69) is 26.0 Å². The lowest BCUT2D eigenvalue weighted by atomic mass is 10.2. The number of rotatable bonds is 7. The number of fused-ring (bicyclic) bond motifs is 2. The van der Waals surface area contributed by atoms with E-state index in [0.717, 1.165) is 5.39 Å². The normalized spacial score (nSPS) is 11.6. The molecule has 0 N–H and O–H groups in total. The third-order valence-corrected chi connectivity index (χ3v) is 6.26. The van der Waals surface area contributed by atoms with Gasteiger partial charge in [0.25, 0.3) is 5.56 Å². The van der Waals surface area contributed by atoms with Crippen molar-refractivity contribution in [1.82, 2.24) is 9.66 Å². The minimum atomic E-state index is -0.521. The topological polar surface area (TPSA) is 95.9 Å². The number of carbonyl (C=O) groups is 1.